The first kappa shape index (κ1) is 24.0. The second-order valence-electron chi connectivity index (χ2n) is 9.66. The van der Waals surface area contributed by atoms with Crippen LogP contribution in [0, 0.1) is 5.41 Å². The number of hydrogen-bond donors (Lipinski definition) is 1. The molecule has 1 spiro atoms. The molecule has 1 heterocycles. The molecule has 34 heavy (non-hydrogen) atoms. The van der Waals surface area contributed by atoms with Crippen LogP contribution in [-0.4, -0.2) is 17.5 Å². The number of amides is 1. The maximum Gasteiger partial charge on any atom is 0.416 e. The van der Waals surface area contributed by atoms with Gasteiger partial charge >= 0.3 is 12.1 Å². The van der Waals surface area contributed by atoms with Gasteiger partial charge in [-0.15, -0.1) is 0 Å². The fraction of sp³-hybridized carbons (Fsp3) is 0.407. The molecule has 4 rings (SSSR count). The molecular weight excluding hydrogens is 443 g/mol. The highest BCUT2D eigenvalue weighted by molar-refractivity contribution is 6.12. The lowest BCUT2D eigenvalue weighted by Gasteiger charge is -2.42. The maximum absolute atomic E-state index is 13.3. The Morgan fingerprint density at radius 3 is 2.26 bits per heavy atom. The van der Waals surface area contributed by atoms with Crippen molar-refractivity contribution in [3.63, 3.8) is 0 Å². The van der Waals surface area contributed by atoms with Gasteiger partial charge in [-0.25, -0.2) is 4.79 Å². The van der Waals surface area contributed by atoms with Crippen molar-refractivity contribution in [1.82, 2.24) is 0 Å². The van der Waals surface area contributed by atoms with Crippen molar-refractivity contribution in [2.45, 2.75) is 64.7 Å². The van der Waals surface area contributed by atoms with Crippen LogP contribution in [0.15, 0.2) is 59.7 Å². The second-order valence-corrected chi connectivity index (χ2v) is 9.66. The van der Waals surface area contributed by atoms with Crippen molar-refractivity contribution >= 4 is 17.6 Å². The molecule has 1 N–H and O–H groups in total. The largest absolute Gasteiger partial charge is 0.451 e. The van der Waals surface area contributed by atoms with E-state index in [-0.39, 0.29) is 11.3 Å². The van der Waals surface area contributed by atoms with Crippen molar-refractivity contribution in [1.29, 1.82) is 0 Å². The van der Waals surface area contributed by atoms with Crippen LogP contribution in [-0.2, 0) is 20.5 Å². The second kappa shape index (κ2) is 8.60. The van der Waals surface area contributed by atoms with Gasteiger partial charge in [-0.1, -0.05) is 44.5 Å². The van der Waals surface area contributed by atoms with Gasteiger partial charge in [-0.3, -0.25) is 4.79 Å². The minimum absolute atomic E-state index is 0.176. The predicted octanol–water partition coefficient (Wildman–Crippen LogP) is 6.91. The molecule has 0 bridgehead atoms. The summed E-state index contributed by atoms with van der Waals surface area (Å²) in [6, 6.07) is 11.7. The summed E-state index contributed by atoms with van der Waals surface area (Å²) in [6.07, 6.45) is -0.437. The summed E-state index contributed by atoms with van der Waals surface area (Å²) in [5.41, 5.74) is 0.809. The molecule has 1 aliphatic heterocycles. The maximum atomic E-state index is 13.3. The van der Waals surface area contributed by atoms with Crippen LogP contribution in [0.1, 0.15) is 58.4 Å². The van der Waals surface area contributed by atoms with Gasteiger partial charge in [0, 0.05) is 11.3 Å². The quantitative estimate of drug-likeness (QED) is 0.493. The van der Waals surface area contributed by atoms with Gasteiger partial charge in [0.05, 0.1) is 11.1 Å². The molecular formula is C27H28F3NO3. The molecule has 4 nitrogen and oxygen atoms in total. The Morgan fingerprint density at radius 2 is 1.68 bits per heavy atom. The van der Waals surface area contributed by atoms with Gasteiger partial charge in [0.25, 0.3) is 5.91 Å². The van der Waals surface area contributed by atoms with Crippen LogP contribution in [0.2, 0.25) is 0 Å². The highest BCUT2D eigenvalue weighted by Gasteiger charge is 2.52. The summed E-state index contributed by atoms with van der Waals surface area (Å²) in [4.78, 5) is 25.7. The number of alkyl halides is 3. The first-order valence-corrected chi connectivity index (χ1v) is 11.5. The third kappa shape index (κ3) is 4.48. The van der Waals surface area contributed by atoms with Crippen molar-refractivity contribution in [2.24, 2.45) is 5.41 Å². The van der Waals surface area contributed by atoms with Crippen LogP contribution in [0.4, 0.5) is 18.9 Å². The highest BCUT2D eigenvalue weighted by Crippen LogP contribution is 2.50. The van der Waals surface area contributed by atoms with Crippen LogP contribution in [0.3, 0.4) is 0 Å². The lowest BCUT2D eigenvalue weighted by molar-refractivity contribution is -0.151. The van der Waals surface area contributed by atoms with Crippen LogP contribution in [0.5, 0.6) is 0 Å². The number of nitrogens with one attached hydrogen (secondary N) is 1. The van der Waals surface area contributed by atoms with E-state index in [0.717, 1.165) is 31.4 Å². The molecule has 0 saturated heterocycles. The van der Waals surface area contributed by atoms with Gasteiger partial charge in [0.1, 0.15) is 5.60 Å². The number of anilines is 1. The molecule has 2 aromatic rings. The Kier molecular flexibility index (Phi) is 6.08. The van der Waals surface area contributed by atoms with Crippen molar-refractivity contribution in [3.8, 4) is 11.1 Å². The van der Waals surface area contributed by atoms with Crippen LogP contribution in [0.25, 0.3) is 11.1 Å². The minimum atomic E-state index is -4.42. The number of halogens is 3. The summed E-state index contributed by atoms with van der Waals surface area (Å²) >= 11 is 0. The van der Waals surface area contributed by atoms with Gasteiger partial charge in [-0.2, -0.15) is 13.2 Å². The average molecular weight is 472 g/mol. The normalized spacial score (nSPS) is 24.9. The molecule has 1 amide bonds. The number of ether oxygens (including phenoxy) is 1. The smallest absolute Gasteiger partial charge is 0.416 e. The van der Waals surface area contributed by atoms with E-state index < -0.39 is 23.3 Å². The molecule has 1 aliphatic carbocycles. The van der Waals surface area contributed by atoms with E-state index in [9.17, 15) is 22.8 Å². The Morgan fingerprint density at radius 1 is 1.03 bits per heavy atom. The summed E-state index contributed by atoms with van der Waals surface area (Å²) < 4.78 is 44.8. The SMILES string of the molecule is CCC1(C)CCC2(CC1)OC(=O)C(C)=C2C(=O)Nc1ccc(-c2cccc(C(F)(F)F)c2)cc1. The molecule has 1 saturated carbocycles. The third-order valence-electron chi connectivity index (χ3n) is 7.44. The molecule has 0 radical (unpaired) electrons. The van der Waals surface area contributed by atoms with Gasteiger partial charge in [-0.05, 0) is 73.4 Å². The van der Waals surface area contributed by atoms with Crippen molar-refractivity contribution in [2.75, 3.05) is 5.32 Å². The zero-order chi connectivity index (χ0) is 24.7. The number of hydrogen-bond acceptors (Lipinski definition) is 3. The first-order chi connectivity index (χ1) is 16.0. The summed E-state index contributed by atoms with van der Waals surface area (Å²) in [5, 5.41) is 2.85. The molecule has 0 aromatic heterocycles. The fourth-order valence-electron chi connectivity index (χ4n) is 4.90. The number of benzene rings is 2. The lowest BCUT2D eigenvalue weighted by atomic mass is 9.66. The molecule has 1 fully saturated rings. The van der Waals surface area contributed by atoms with Gasteiger partial charge in [0.15, 0.2) is 0 Å². The Bertz CT molecular complexity index is 1140. The number of rotatable bonds is 4. The standard InChI is InChI=1S/C27H28F3NO3/c1-4-25(3)12-14-26(15-13-25)22(17(2)24(33)34-26)23(32)31-21-10-8-18(9-11-21)19-6-5-7-20(16-19)27(28,29)30/h5-11,16H,4,12-15H2,1-3H3,(H,31,32). The molecule has 7 heteroatoms. The number of carbonyl (C=O) groups is 2. The predicted molar refractivity (Wildman–Crippen MR) is 124 cm³/mol. The number of esters is 1. The van der Waals surface area contributed by atoms with E-state index in [1.54, 1.807) is 37.3 Å². The third-order valence-corrected chi connectivity index (χ3v) is 7.44. The molecule has 0 atom stereocenters. The zero-order valence-corrected chi connectivity index (χ0v) is 19.5. The topological polar surface area (TPSA) is 55.4 Å². The summed E-state index contributed by atoms with van der Waals surface area (Å²) in [6.45, 7) is 5.99. The van der Waals surface area contributed by atoms with E-state index in [2.05, 4.69) is 19.2 Å². The van der Waals surface area contributed by atoms with E-state index in [0.29, 0.717) is 40.8 Å². The van der Waals surface area contributed by atoms with E-state index in [1.165, 1.54) is 6.07 Å². The summed E-state index contributed by atoms with van der Waals surface area (Å²) in [5.74, 6) is -0.833. The van der Waals surface area contributed by atoms with E-state index >= 15 is 0 Å². The van der Waals surface area contributed by atoms with Crippen LogP contribution >= 0.6 is 0 Å². The fourth-order valence-corrected chi connectivity index (χ4v) is 4.90. The Labute approximate surface area is 197 Å². The van der Waals surface area contributed by atoms with Gasteiger partial charge < -0.3 is 10.1 Å². The Balaban J connectivity index is 1.53. The summed E-state index contributed by atoms with van der Waals surface area (Å²) in [7, 11) is 0. The van der Waals surface area contributed by atoms with Gasteiger partial charge in [0.2, 0.25) is 0 Å². The Hall–Kier alpha value is -3.09. The molecule has 180 valence electrons. The van der Waals surface area contributed by atoms with Crippen molar-refractivity contribution < 1.29 is 27.5 Å². The van der Waals surface area contributed by atoms with E-state index in [4.69, 9.17) is 4.74 Å². The number of carbonyl (C=O) groups excluding carboxylic acids is 2. The zero-order valence-electron chi connectivity index (χ0n) is 19.5. The monoisotopic (exact) mass is 471 g/mol. The molecule has 2 aliphatic rings. The molecule has 2 aromatic carbocycles. The van der Waals surface area contributed by atoms with E-state index in [1.807, 2.05) is 0 Å². The minimum Gasteiger partial charge on any atom is -0.451 e. The average Bonchev–Trinajstić information content (AvgIpc) is 3.05. The lowest BCUT2D eigenvalue weighted by Crippen LogP contribution is -2.43. The molecule has 0 unspecified atom stereocenters. The first-order valence-electron chi connectivity index (χ1n) is 11.5. The highest BCUT2D eigenvalue weighted by atomic mass is 19.4. The van der Waals surface area contributed by atoms with Crippen molar-refractivity contribution in [3.05, 3.63) is 65.2 Å². The van der Waals surface area contributed by atoms with Crippen LogP contribution < -0.4 is 5.32 Å².